The highest BCUT2D eigenvalue weighted by Gasteiger charge is 2.31. The number of fused-ring (bicyclic) bond motifs is 1. The number of halogens is 3. The molecule has 44 heavy (non-hydrogen) atoms. The molecule has 0 bridgehead atoms. The maximum atomic E-state index is 13.2. The molecule has 5 aromatic rings. The van der Waals surface area contributed by atoms with E-state index >= 15 is 0 Å². The highest BCUT2D eigenvalue weighted by molar-refractivity contribution is 7.99. The molecule has 0 saturated carbocycles. The standard InChI is InChI=1S/C34H32F3N5OS/c1-20(2)27-15-14-26-30(41-27)38-19-39-31(26)42-28-18-24(40-32(43)21-7-6-8-23(17-21)34(35,36)37)11-16-29(28)44-25-12-9-22(10-13-25)33(3,4)5/h6-20H,1-5H3,(H,40,43)(H,38,39,41,42). The van der Waals surface area contributed by atoms with E-state index in [0.717, 1.165) is 33.0 Å². The summed E-state index contributed by atoms with van der Waals surface area (Å²) in [5, 5.41) is 6.85. The third kappa shape index (κ3) is 7.19. The summed E-state index contributed by atoms with van der Waals surface area (Å²) in [6.07, 6.45) is -3.11. The Balaban J connectivity index is 1.50. The number of aromatic nitrogens is 3. The minimum Gasteiger partial charge on any atom is -0.339 e. The lowest BCUT2D eigenvalue weighted by Gasteiger charge is -2.19. The fourth-order valence-electron chi connectivity index (χ4n) is 4.49. The second kappa shape index (κ2) is 12.3. The van der Waals surface area contributed by atoms with E-state index < -0.39 is 17.6 Å². The molecule has 0 atom stereocenters. The molecule has 0 fully saturated rings. The Labute approximate surface area is 258 Å². The number of alkyl halides is 3. The lowest BCUT2D eigenvalue weighted by atomic mass is 9.87. The smallest absolute Gasteiger partial charge is 0.339 e. The van der Waals surface area contributed by atoms with Crippen LogP contribution in [0.4, 0.5) is 30.4 Å². The summed E-state index contributed by atoms with van der Waals surface area (Å²) in [5.74, 6) is 0.109. The highest BCUT2D eigenvalue weighted by atomic mass is 32.2. The van der Waals surface area contributed by atoms with Gasteiger partial charge in [0.15, 0.2) is 5.65 Å². The molecule has 0 aliphatic heterocycles. The molecule has 6 nitrogen and oxygen atoms in total. The van der Waals surface area contributed by atoms with E-state index in [-0.39, 0.29) is 16.9 Å². The van der Waals surface area contributed by atoms with Gasteiger partial charge in [0, 0.05) is 26.7 Å². The lowest BCUT2D eigenvalue weighted by Crippen LogP contribution is -2.14. The van der Waals surface area contributed by atoms with Crippen LogP contribution in [0.15, 0.2) is 95.0 Å². The van der Waals surface area contributed by atoms with Crippen LogP contribution < -0.4 is 10.6 Å². The third-order valence-corrected chi connectivity index (χ3v) is 8.08. The third-order valence-electron chi connectivity index (χ3n) is 7.00. The van der Waals surface area contributed by atoms with Gasteiger partial charge in [0.25, 0.3) is 5.91 Å². The molecule has 0 radical (unpaired) electrons. The van der Waals surface area contributed by atoms with Crippen LogP contribution in [0, 0.1) is 0 Å². The van der Waals surface area contributed by atoms with Crippen molar-refractivity contribution < 1.29 is 18.0 Å². The molecule has 0 aliphatic carbocycles. The lowest BCUT2D eigenvalue weighted by molar-refractivity contribution is -0.137. The van der Waals surface area contributed by atoms with Crippen LogP contribution in [0.25, 0.3) is 11.0 Å². The average molecular weight is 616 g/mol. The van der Waals surface area contributed by atoms with Gasteiger partial charge in [0.05, 0.1) is 16.6 Å². The molecule has 2 heterocycles. The van der Waals surface area contributed by atoms with Crippen LogP contribution >= 0.6 is 11.8 Å². The fourth-order valence-corrected chi connectivity index (χ4v) is 5.37. The number of hydrogen-bond acceptors (Lipinski definition) is 6. The van der Waals surface area contributed by atoms with E-state index in [1.54, 1.807) is 12.1 Å². The van der Waals surface area contributed by atoms with Crippen molar-refractivity contribution in [1.29, 1.82) is 0 Å². The van der Waals surface area contributed by atoms with Crippen molar-refractivity contribution in [3.05, 3.63) is 108 Å². The largest absolute Gasteiger partial charge is 0.416 e. The highest BCUT2D eigenvalue weighted by Crippen LogP contribution is 2.38. The van der Waals surface area contributed by atoms with Crippen molar-refractivity contribution in [2.45, 2.75) is 61.9 Å². The first-order valence-corrected chi connectivity index (χ1v) is 14.9. The molecule has 2 N–H and O–H groups in total. The summed E-state index contributed by atoms with van der Waals surface area (Å²) in [5.41, 5.74) is 2.76. The first-order chi connectivity index (χ1) is 20.8. The van der Waals surface area contributed by atoms with E-state index in [2.05, 4.69) is 84.5 Å². The number of carbonyl (C=O) groups excluding carboxylic acids is 1. The first-order valence-electron chi connectivity index (χ1n) is 14.1. The van der Waals surface area contributed by atoms with Crippen LogP contribution in [-0.4, -0.2) is 20.9 Å². The molecule has 10 heteroatoms. The number of benzene rings is 3. The van der Waals surface area contributed by atoms with Gasteiger partial charge >= 0.3 is 6.18 Å². The van der Waals surface area contributed by atoms with Gasteiger partial charge in [-0.05, 0) is 77.6 Å². The Morgan fingerprint density at radius 3 is 2.30 bits per heavy atom. The molecular weight excluding hydrogens is 583 g/mol. The predicted molar refractivity (Wildman–Crippen MR) is 170 cm³/mol. The monoisotopic (exact) mass is 615 g/mol. The number of pyridine rings is 1. The number of nitrogens with zero attached hydrogens (tertiary/aromatic N) is 3. The maximum Gasteiger partial charge on any atom is 0.416 e. The molecular formula is C34H32F3N5OS. The molecule has 1 amide bonds. The summed E-state index contributed by atoms with van der Waals surface area (Å²) < 4.78 is 39.7. The van der Waals surface area contributed by atoms with E-state index in [1.165, 1.54) is 35.8 Å². The molecule has 0 aliphatic rings. The van der Waals surface area contributed by atoms with Crippen molar-refractivity contribution in [3.63, 3.8) is 0 Å². The molecule has 0 saturated heterocycles. The summed E-state index contributed by atoms with van der Waals surface area (Å²) >= 11 is 1.53. The Kier molecular flexibility index (Phi) is 8.65. The van der Waals surface area contributed by atoms with Crippen LogP contribution in [-0.2, 0) is 11.6 Å². The van der Waals surface area contributed by atoms with Gasteiger partial charge in [0.2, 0.25) is 0 Å². The minimum absolute atomic E-state index is 0.0208. The Morgan fingerprint density at radius 1 is 0.864 bits per heavy atom. The van der Waals surface area contributed by atoms with Gasteiger partial charge in [-0.2, -0.15) is 13.2 Å². The molecule has 5 rings (SSSR count). The second-order valence-electron chi connectivity index (χ2n) is 11.7. The minimum atomic E-state index is -4.55. The van der Waals surface area contributed by atoms with Gasteiger partial charge in [-0.3, -0.25) is 4.79 Å². The zero-order chi connectivity index (χ0) is 31.6. The zero-order valence-corrected chi connectivity index (χ0v) is 25.8. The van der Waals surface area contributed by atoms with Crippen LogP contribution in [0.5, 0.6) is 0 Å². The normalized spacial score (nSPS) is 12.0. The van der Waals surface area contributed by atoms with Gasteiger partial charge in [-0.1, -0.05) is 64.6 Å². The average Bonchev–Trinajstić information content (AvgIpc) is 2.97. The van der Waals surface area contributed by atoms with Gasteiger partial charge in [-0.15, -0.1) is 0 Å². The Morgan fingerprint density at radius 2 is 1.61 bits per heavy atom. The van der Waals surface area contributed by atoms with Crippen molar-refractivity contribution in [2.24, 2.45) is 0 Å². The molecule has 0 spiro atoms. The maximum absolute atomic E-state index is 13.2. The van der Waals surface area contributed by atoms with Gasteiger partial charge < -0.3 is 10.6 Å². The van der Waals surface area contributed by atoms with Crippen molar-refractivity contribution in [1.82, 2.24) is 15.0 Å². The van der Waals surface area contributed by atoms with E-state index in [4.69, 9.17) is 0 Å². The first kappa shape index (κ1) is 31.0. The van der Waals surface area contributed by atoms with Crippen LogP contribution in [0.3, 0.4) is 0 Å². The molecule has 0 unspecified atom stereocenters. The summed E-state index contributed by atoms with van der Waals surface area (Å²) in [6, 6.07) is 21.9. The number of nitrogens with one attached hydrogen (secondary N) is 2. The topological polar surface area (TPSA) is 79.8 Å². The molecule has 3 aromatic carbocycles. The molecule has 226 valence electrons. The van der Waals surface area contributed by atoms with Crippen LogP contribution in [0.1, 0.15) is 67.7 Å². The second-order valence-corrected chi connectivity index (χ2v) is 12.8. The van der Waals surface area contributed by atoms with E-state index in [0.29, 0.717) is 22.8 Å². The van der Waals surface area contributed by atoms with Gasteiger partial charge in [0.1, 0.15) is 12.1 Å². The van der Waals surface area contributed by atoms with Crippen molar-refractivity contribution >= 4 is 45.9 Å². The summed E-state index contributed by atoms with van der Waals surface area (Å²) in [4.78, 5) is 28.3. The zero-order valence-electron chi connectivity index (χ0n) is 25.0. The Hall–Kier alpha value is -4.44. The summed E-state index contributed by atoms with van der Waals surface area (Å²) in [6.45, 7) is 10.6. The number of anilines is 3. The SMILES string of the molecule is CC(C)c1ccc2c(Nc3cc(NC(=O)c4cccc(C(F)(F)F)c4)ccc3Sc3ccc(C(C)(C)C)cc3)ncnc2n1. The van der Waals surface area contributed by atoms with Crippen LogP contribution in [0.2, 0.25) is 0 Å². The Bertz CT molecular complexity index is 1820. The van der Waals surface area contributed by atoms with E-state index in [9.17, 15) is 18.0 Å². The number of carbonyl (C=O) groups is 1. The quantitative estimate of drug-likeness (QED) is 0.190. The van der Waals surface area contributed by atoms with Gasteiger partial charge in [-0.25, -0.2) is 15.0 Å². The predicted octanol–water partition coefficient (Wildman–Crippen LogP) is 9.61. The molecule has 2 aromatic heterocycles. The van der Waals surface area contributed by atoms with Crippen molar-refractivity contribution in [3.8, 4) is 0 Å². The van der Waals surface area contributed by atoms with Crippen molar-refractivity contribution in [2.75, 3.05) is 10.6 Å². The number of rotatable bonds is 7. The number of amides is 1. The number of hydrogen-bond donors (Lipinski definition) is 2. The fraction of sp³-hybridized carbons (Fsp3) is 0.235. The van der Waals surface area contributed by atoms with E-state index in [1.807, 2.05) is 18.2 Å². The summed E-state index contributed by atoms with van der Waals surface area (Å²) in [7, 11) is 0.